The quantitative estimate of drug-likeness (QED) is 0.194. The van der Waals surface area contributed by atoms with E-state index >= 15 is 0 Å². The lowest BCUT2D eigenvalue weighted by Crippen LogP contribution is -2.70. The van der Waals surface area contributed by atoms with Gasteiger partial charge < -0.3 is 52.8 Å². The molecule has 7 aliphatic rings. The number of hydrogen-bond donors (Lipinski definition) is 2. The molecule has 0 aromatic heterocycles. The Morgan fingerprint density at radius 3 is 2.21 bits per heavy atom. The van der Waals surface area contributed by atoms with Crippen molar-refractivity contribution >= 4 is 17.7 Å². The molecule has 19 atom stereocenters. The van der Waals surface area contributed by atoms with Gasteiger partial charge in [0.05, 0.1) is 30.0 Å². The van der Waals surface area contributed by atoms with Gasteiger partial charge in [0.2, 0.25) is 0 Å². The Hall–Kier alpha value is -2.53. The number of rotatable bonds is 10. The van der Waals surface area contributed by atoms with Crippen molar-refractivity contribution in [3.63, 3.8) is 0 Å². The topological polar surface area (TPSA) is 178 Å². The van der Waals surface area contributed by atoms with Crippen LogP contribution in [0.25, 0.3) is 0 Å². The highest BCUT2D eigenvalue weighted by Gasteiger charge is 2.91. The number of carbonyl (C=O) groups excluding carboxylic acids is 3. The zero-order valence-electron chi connectivity index (χ0n) is 35.0. The number of esters is 2. The van der Waals surface area contributed by atoms with E-state index in [2.05, 4.69) is 6.92 Å². The molecule has 0 amide bonds. The van der Waals surface area contributed by atoms with Crippen LogP contribution in [-0.4, -0.2) is 127 Å². The standard InChI is InChI=1S/C44H62O14/c1-22(45)29-16-19-44-42(29,6)38(54-25(4)46)36(56-39(49)26-12-10-9-11-13-26)37-41(5)17-15-28(20-27(41)14-18-43(37,44)58-44)55-31-21-30(50-7)34(24(3)52-31)57-40-33(48)35(51-8)32(47)23(2)53-40/h9-13,23-24,27-38,40,47-48H,14-21H2,1-8H3/t23-,24-,27+,28+,29+,30-,31-,32-,33-,34-,35-,36+,37-,38-,40+,41+,42+,43?,44-/m1/s1. The summed E-state index contributed by atoms with van der Waals surface area (Å²) in [6.45, 7) is 10.9. The average Bonchev–Trinajstić information content (AvgIpc) is 3.74. The first-order valence-electron chi connectivity index (χ1n) is 21.2. The summed E-state index contributed by atoms with van der Waals surface area (Å²) >= 11 is 0. The number of epoxide rings is 1. The Kier molecular flexibility index (Phi) is 11.2. The van der Waals surface area contributed by atoms with Gasteiger partial charge in [-0.1, -0.05) is 32.0 Å². The Labute approximate surface area is 340 Å². The van der Waals surface area contributed by atoms with Crippen LogP contribution in [0.4, 0.5) is 0 Å². The fraction of sp³-hybridized carbons (Fsp3) is 0.795. The van der Waals surface area contributed by atoms with E-state index in [1.165, 1.54) is 14.0 Å². The SMILES string of the molecule is CO[C@H]1[C@@H](O)[C@H](O[C@@H]2[C@@H](C)O[C@H](O[C@H]3CC[C@@]4(C)[C@@H](CCC56O[C@@]57CC[C@@H](C(C)=O)[C@@]7(C)[C@H](OC(C)=O)[C@@H](OC(=O)c5ccccc5)[C@@H]64)C3)C[C@H]2OC)O[C@H](C)[C@H]1O. The third kappa shape index (κ3) is 6.42. The normalized spacial score (nSPS) is 49.4. The number of Topliss-reactive ketones (excluding diaryl/α,β-unsaturated/α-hetero) is 1. The summed E-state index contributed by atoms with van der Waals surface area (Å²) in [7, 11) is 3.04. The minimum absolute atomic E-state index is 0.0215. The molecular weight excluding hydrogens is 752 g/mol. The second kappa shape index (κ2) is 15.4. The number of hydrogen-bond acceptors (Lipinski definition) is 14. The van der Waals surface area contributed by atoms with Crippen LogP contribution in [0.5, 0.6) is 0 Å². The monoisotopic (exact) mass is 814 g/mol. The third-order valence-electron chi connectivity index (χ3n) is 15.8. The zero-order valence-corrected chi connectivity index (χ0v) is 35.0. The van der Waals surface area contributed by atoms with Crippen LogP contribution < -0.4 is 0 Å². The van der Waals surface area contributed by atoms with Crippen molar-refractivity contribution in [1.82, 2.24) is 0 Å². The van der Waals surface area contributed by atoms with Gasteiger partial charge in [0.1, 0.15) is 53.6 Å². The highest BCUT2D eigenvalue weighted by atomic mass is 16.7. The van der Waals surface area contributed by atoms with Gasteiger partial charge in [0.15, 0.2) is 12.6 Å². The number of carbonyl (C=O) groups is 3. The van der Waals surface area contributed by atoms with Crippen molar-refractivity contribution in [2.75, 3.05) is 14.2 Å². The molecule has 2 spiro atoms. The van der Waals surface area contributed by atoms with Crippen molar-refractivity contribution in [2.24, 2.45) is 28.6 Å². The van der Waals surface area contributed by atoms with E-state index in [1.807, 2.05) is 19.9 Å². The van der Waals surface area contributed by atoms with Gasteiger partial charge in [0, 0.05) is 44.8 Å². The largest absolute Gasteiger partial charge is 0.458 e. The smallest absolute Gasteiger partial charge is 0.338 e. The van der Waals surface area contributed by atoms with Crippen LogP contribution in [0.1, 0.15) is 103 Å². The molecule has 2 N–H and O–H groups in total. The van der Waals surface area contributed by atoms with Crippen molar-refractivity contribution in [3.8, 4) is 0 Å². The van der Waals surface area contributed by atoms with E-state index in [0.717, 1.165) is 25.7 Å². The van der Waals surface area contributed by atoms with Crippen molar-refractivity contribution < 1.29 is 67.2 Å². The first-order chi connectivity index (χ1) is 27.5. The molecule has 322 valence electrons. The molecule has 0 radical (unpaired) electrons. The number of aliphatic hydroxyl groups excluding tert-OH is 2. The Morgan fingerprint density at radius 1 is 0.793 bits per heavy atom. The van der Waals surface area contributed by atoms with Crippen LogP contribution in [0, 0.1) is 28.6 Å². The van der Waals surface area contributed by atoms with E-state index in [4.69, 9.17) is 42.6 Å². The number of aliphatic hydroxyl groups is 2. The fourth-order valence-corrected chi connectivity index (χ4v) is 13.1. The van der Waals surface area contributed by atoms with E-state index in [0.29, 0.717) is 31.2 Å². The van der Waals surface area contributed by atoms with Crippen molar-refractivity contribution in [2.45, 2.75) is 178 Å². The van der Waals surface area contributed by atoms with Crippen LogP contribution in [0.3, 0.4) is 0 Å². The molecule has 7 fully saturated rings. The Morgan fingerprint density at radius 2 is 1.53 bits per heavy atom. The first kappa shape index (κ1) is 42.2. The summed E-state index contributed by atoms with van der Waals surface area (Å²) in [4.78, 5) is 40.3. The highest BCUT2D eigenvalue weighted by Crippen LogP contribution is 2.81. The summed E-state index contributed by atoms with van der Waals surface area (Å²) in [6, 6.07) is 8.86. The van der Waals surface area contributed by atoms with E-state index < -0.39 is 102 Å². The van der Waals surface area contributed by atoms with Crippen LogP contribution >= 0.6 is 0 Å². The Balaban J connectivity index is 1.02. The number of ether oxygens (including phenoxy) is 9. The molecule has 3 heterocycles. The predicted octanol–water partition coefficient (Wildman–Crippen LogP) is 4.29. The maximum absolute atomic E-state index is 14.0. The molecule has 58 heavy (non-hydrogen) atoms. The lowest BCUT2D eigenvalue weighted by atomic mass is 9.43. The zero-order chi connectivity index (χ0) is 41.5. The van der Waals surface area contributed by atoms with Gasteiger partial charge in [-0.05, 0) is 89.2 Å². The summed E-state index contributed by atoms with van der Waals surface area (Å²) < 4.78 is 56.6. The fourth-order valence-electron chi connectivity index (χ4n) is 13.1. The molecular formula is C44H62O14. The second-order valence-corrected chi connectivity index (χ2v) is 18.6. The van der Waals surface area contributed by atoms with Crippen molar-refractivity contribution in [3.05, 3.63) is 35.9 Å². The van der Waals surface area contributed by atoms with E-state index in [9.17, 15) is 24.6 Å². The molecule has 4 saturated carbocycles. The molecule has 8 rings (SSSR count). The maximum Gasteiger partial charge on any atom is 0.338 e. The summed E-state index contributed by atoms with van der Waals surface area (Å²) in [5.41, 5.74) is -2.18. The van der Waals surface area contributed by atoms with Gasteiger partial charge in [-0.25, -0.2) is 4.79 Å². The number of methoxy groups -OCH3 is 2. The van der Waals surface area contributed by atoms with Gasteiger partial charge in [-0.15, -0.1) is 0 Å². The van der Waals surface area contributed by atoms with E-state index in [1.54, 1.807) is 45.2 Å². The first-order valence-corrected chi connectivity index (χ1v) is 21.2. The molecule has 1 unspecified atom stereocenters. The molecule has 1 aromatic carbocycles. The highest BCUT2D eigenvalue weighted by molar-refractivity contribution is 5.89. The molecule has 0 bridgehead atoms. The molecule has 3 saturated heterocycles. The molecule has 1 aromatic rings. The summed E-state index contributed by atoms with van der Waals surface area (Å²) in [6.07, 6.45) is -3.22. The molecule has 14 heteroatoms. The minimum atomic E-state index is -1.22. The number of benzene rings is 1. The predicted molar refractivity (Wildman–Crippen MR) is 204 cm³/mol. The third-order valence-corrected chi connectivity index (χ3v) is 15.8. The summed E-state index contributed by atoms with van der Waals surface area (Å²) in [5.74, 6) is -1.51. The van der Waals surface area contributed by atoms with E-state index in [-0.39, 0.29) is 29.1 Å². The van der Waals surface area contributed by atoms with Gasteiger partial charge in [0.25, 0.3) is 0 Å². The lowest BCUT2D eigenvalue weighted by Gasteiger charge is -2.61. The van der Waals surface area contributed by atoms with Crippen LogP contribution in [0.15, 0.2) is 30.3 Å². The second-order valence-electron chi connectivity index (χ2n) is 18.6. The van der Waals surface area contributed by atoms with Gasteiger partial charge >= 0.3 is 11.9 Å². The lowest BCUT2D eigenvalue weighted by molar-refractivity contribution is -0.343. The van der Waals surface area contributed by atoms with Crippen molar-refractivity contribution in [1.29, 1.82) is 0 Å². The average molecular weight is 815 g/mol. The molecule has 14 nitrogen and oxygen atoms in total. The summed E-state index contributed by atoms with van der Waals surface area (Å²) in [5, 5.41) is 21.4. The van der Waals surface area contributed by atoms with Crippen LogP contribution in [-0.2, 0) is 52.2 Å². The minimum Gasteiger partial charge on any atom is -0.458 e. The molecule has 3 aliphatic heterocycles. The number of fused-ring (bicyclic) bond motifs is 2. The maximum atomic E-state index is 14.0. The van der Waals surface area contributed by atoms with Gasteiger partial charge in [-0.2, -0.15) is 0 Å². The number of ketones is 1. The Bertz CT molecular complexity index is 1710. The van der Waals surface area contributed by atoms with Crippen LogP contribution in [0.2, 0.25) is 0 Å². The molecule has 4 aliphatic carbocycles. The van der Waals surface area contributed by atoms with Gasteiger partial charge in [-0.3, -0.25) is 9.59 Å².